The van der Waals surface area contributed by atoms with Gasteiger partial charge in [-0.05, 0) is 36.8 Å². The number of hydrogen-bond donors (Lipinski definition) is 2. The van der Waals surface area contributed by atoms with E-state index < -0.39 is 0 Å². The van der Waals surface area contributed by atoms with Crippen molar-refractivity contribution in [1.82, 2.24) is 4.98 Å². The van der Waals surface area contributed by atoms with Crippen LogP contribution in [0.25, 0.3) is 0 Å². The third kappa shape index (κ3) is 2.28. The van der Waals surface area contributed by atoms with Crippen LogP contribution in [0, 0.1) is 12.7 Å². The number of benzene rings is 1. The number of nitrogens with zero attached hydrogens (tertiary/aromatic N) is 1. The van der Waals surface area contributed by atoms with Crippen molar-refractivity contribution in [3.05, 3.63) is 47.9 Å². The van der Waals surface area contributed by atoms with Crippen molar-refractivity contribution in [2.24, 2.45) is 0 Å². The van der Waals surface area contributed by atoms with Crippen molar-refractivity contribution in [2.45, 2.75) is 6.92 Å². The number of rotatable bonds is 2. The molecule has 0 aliphatic rings. The first kappa shape index (κ1) is 10.4. The molecule has 3 nitrogen and oxygen atoms in total. The van der Waals surface area contributed by atoms with Crippen LogP contribution in [0.2, 0.25) is 0 Å². The fourth-order valence-electron chi connectivity index (χ4n) is 1.42. The second-order valence-electron chi connectivity index (χ2n) is 3.56. The van der Waals surface area contributed by atoms with Gasteiger partial charge in [-0.25, -0.2) is 9.37 Å². The molecule has 0 saturated carbocycles. The van der Waals surface area contributed by atoms with E-state index in [1.165, 1.54) is 6.07 Å². The molecule has 0 spiro atoms. The maximum atomic E-state index is 13.0. The van der Waals surface area contributed by atoms with Crippen molar-refractivity contribution < 1.29 is 4.39 Å². The minimum absolute atomic E-state index is 0.209. The molecule has 1 aromatic carbocycles. The van der Waals surface area contributed by atoms with E-state index in [-0.39, 0.29) is 5.82 Å². The number of aryl methyl sites for hydroxylation is 1. The third-order valence-corrected chi connectivity index (χ3v) is 2.23. The molecule has 1 aromatic heterocycles. The predicted octanol–water partition coefficient (Wildman–Crippen LogP) is 2.85. The van der Waals surface area contributed by atoms with Gasteiger partial charge in [0.1, 0.15) is 11.6 Å². The zero-order chi connectivity index (χ0) is 11.5. The maximum Gasteiger partial charge on any atom is 0.126 e. The van der Waals surface area contributed by atoms with Gasteiger partial charge in [-0.15, -0.1) is 0 Å². The second-order valence-corrected chi connectivity index (χ2v) is 3.56. The molecule has 0 bridgehead atoms. The zero-order valence-electron chi connectivity index (χ0n) is 8.87. The Kier molecular flexibility index (Phi) is 2.72. The lowest BCUT2D eigenvalue weighted by molar-refractivity contribution is 0.619. The highest BCUT2D eigenvalue weighted by Gasteiger charge is 1.99. The molecule has 0 fully saturated rings. The number of anilines is 3. The molecular weight excluding hydrogens is 205 g/mol. The first-order chi connectivity index (χ1) is 7.65. The predicted molar refractivity (Wildman–Crippen MR) is 63.1 cm³/mol. The molecular formula is C12H12FN3. The van der Waals surface area contributed by atoms with Gasteiger partial charge in [-0.1, -0.05) is 0 Å². The highest BCUT2D eigenvalue weighted by molar-refractivity contribution is 5.62. The summed E-state index contributed by atoms with van der Waals surface area (Å²) in [5.74, 6) is 0.239. The average molecular weight is 217 g/mol. The number of nitrogen functional groups attached to an aromatic ring is 1. The number of aromatic nitrogens is 1. The molecule has 0 aliphatic heterocycles. The highest BCUT2D eigenvalue weighted by Crippen LogP contribution is 2.19. The molecule has 4 heteroatoms. The first-order valence-corrected chi connectivity index (χ1v) is 4.90. The molecule has 0 atom stereocenters. The van der Waals surface area contributed by atoms with Crippen LogP contribution in [0.1, 0.15) is 5.56 Å². The van der Waals surface area contributed by atoms with Gasteiger partial charge in [0.2, 0.25) is 0 Å². The van der Waals surface area contributed by atoms with Gasteiger partial charge in [0.05, 0.1) is 0 Å². The monoisotopic (exact) mass is 217 g/mol. The minimum Gasteiger partial charge on any atom is -0.384 e. The van der Waals surface area contributed by atoms with E-state index in [2.05, 4.69) is 10.3 Å². The Morgan fingerprint density at radius 3 is 2.62 bits per heavy atom. The number of pyridine rings is 1. The largest absolute Gasteiger partial charge is 0.384 e. The molecule has 0 radical (unpaired) electrons. The average Bonchev–Trinajstić information content (AvgIpc) is 2.24. The zero-order valence-corrected chi connectivity index (χ0v) is 8.87. The van der Waals surface area contributed by atoms with E-state index in [1.807, 2.05) is 0 Å². The molecule has 82 valence electrons. The Bertz CT molecular complexity index is 511. The molecule has 16 heavy (non-hydrogen) atoms. The third-order valence-electron chi connectivity index (χ3n) is 2.23. The number of hydrogen-bond acceptors (Lipinski definition) is 3. The molecule has 0 amide bonds. The summed E-state index contributed by atoms with van der Waals surface area (Å²) in [5.41, 5.74) is 7.81. The molecule has 3 N–H and O–H groups in total. The quantitative estimate of drug-likeness (QED) is 0.813. The molecule has 2 rings (SSSR count). The molecule has 0 unspecified atom stereocenters. The lowest BCUT2D eigenvalue weighted by Crippen LogP contribution is -1.95. The van der Waals surface area contributed by atoms with E-state index in [0.717, 1.165) is 11.4 Å². The summed E-state index contributed by atoms with van der Waals surface area (Å²) in [4.78, 5) is 3.89. The van der Waals surface area contributed by atoms with Crippen LogP contribution in [0.15, 0.2) is 36.5 Å². The normalized spacial score (nSPS) is 10.1. The van der Waals surface area contributed by atoms with Gasteiger partial charge in [-0.3, -0.25) is 0 Å². The number of nitrogens with two attached hydrogens (primary N) is 1. The SMILES string of the molecule is Cc1cc(Nc2ccnc(N)c2)ccc1F. The van der Waals surface area contributed by atoms with Gasteiger partial charge in [0, 0.05) is 23.6 Å². The van der Waals surface area contributed by atoms with Gasteiger partial charge in [0.15, 0.2) is 0 Å². The molecule has 0 saturated heterocycles. The van der Waals surface area contributed by atoms with E-state index >= 15 is 0 Å². The Hall–Kier alpha value is -2.10. The summed E-state index contributed by atoms with van der Waals surface area (Å²) < 4.78 is 13.0. The number of halogens is 1. The van der Waals surface area contributed by atoms with E-state index in [1.54, 1.807) is 37.4 Å². The van der Waals surface area contributed by atoms with Crippen molar-refractivity contribution in [1.29, 1.82) is 0 Å². The molecule has 2 aromatic rings. The summed E-state index contributed by atoms with van der Waals surface area (Å²) in [6.45, 7) is 1.72. The highest BCUT2D eigenvalue weighted by atomic mass is 19.1. The van der Waals surface area contributed by atoms with Crippen molar-refractivity contribution in [3.63, 3.8) is 0 Å². The van der Waals surface area contributed by atoms with Crippen molar-refractivity contribution in [3.8, 4) is 0 Å². The second kappa shape index (κ2) is 4.18. The molecule has 1 heterocycles. The van der Waals surface area contributed by atoms with Crippen LogP contribution >= 0.6 is 0 Å². The van der Waals surface area contributed by atoms with Gasteiger partial charge < -0.3 is 11.1 Å². The van der Waals surface area contributed by atoms with E-state index in [0.29, 0.717) is 11.4 Å². The fraction of sp³-hybridized carbons (Fsp3) is 0.0833. The fourth-order valence-corrected chi connectivity index (χ4v) is 1.42. The van der Waals surface area contributed by atoms with Crippen LogP contribution in [0.5, 0.6) is 0 Å². The summed E-state index contributed by atoms with van der Waals surface area (Å²) >= 11 is 0. The Labute approximate surface area is 93.1 Å². The van der Waals surface area contributed by atoms with Crippen LogP contribution in [-0.4, -0.2) is 4.98 Å². The lowest BCUT2D eigenvalue weighted by atomic mass is 10.2. The smallest absolute Gasteiger partial charge is 0.126 e. The topological polar surface area (TPSA) is 50.9 Å². The lowest BCUT2D eigenvalue weighted by Gasteiger charge is -2.07. The summed E-state index contributed by atoms with van der Waals surface area (Å²) in [6.07, 6.45) is 1.62. The van der Waals surface area contributed by atoms with Crippen molar-refractivity contribution in [2.75, 3.05) is 11.1 Å². The summed E-state index contributed by atoms with van der Waals surface area (Å²) in [5, 5.41) is 3.13. The van der Waals surface area contributed by atoms with Gasteiger partial charge in [0.25, 0.3) is 0 Å². The van der Waals surface area contributed by atoms with Crippen LogP contribution in [0.4, 0.5) is 21.6 Å². The Morgan fingerprint density at radius 2 is 1.94 bits per heavy atom. The summed E-state index contributed by atoms with van der Waals surface area (Å²) in [6, 6.07) is 8.38. The van der Waals surface area contributed by atoms with E-state index in [9.17, 15) is 4.39 Å². The maximum absolute atomic E-state index is 13.0. The first-order valence-electron chi connectivity index (χ1n) is 4.90. The summed E-state index contributed by atoms with van der Waals surface area (Å²) in [7, 11) is 0. The standard InChI is InChI=1S/C12H12FN3/c1-8-6-9(2-3-11(8)13)16-10-4-5-15-12(14)7-10/h2-7H,1H3,(H3,14,15,16). The number of nitrogens with one attached hydrogen (secondary N) is 1. The van der Waals surface area contributed by atoms with Gasteiger partial charge in [-0.2, -0.15) is 0 Å². The minimum atomic E-state index is -0.209. The van der Waals surface area contributed by atoms with Crippen LogP contribution in [-0.2, 0) is 0 Å². The van der Waals surface area contributed by atoms with Gasteiger partial charge >= 0.3 is 0 Å². The Balaban J connectivity index is 2.24. The van der Waals surface area contributed by atoms with Crippen LogP contribution < -0.4 is 11.1 Å². The molecule has 0 aliphatic carbocycles. The van der Waals surface area contributed by atoms with E-state index in [4.69, 9.17) is 5.73 Å². The Morgan fingerprint density at radius 1 is 1.19 bits per heavy atom. The van der Waals surface area contributed by atoms with Crippen molar-refractivity contribution >= 4 is 17.2 Å². The van der Waals surface area contributed by atoms with Crippen LogP contribution in [0.3, 0.4) is 0 Å².